The summed E-state index contributed by atoms with van der Waals surface area (Å²) in [6.45, 7) is 4.41. The maximum Gasteiger partial charge on any atom is 0.221 e. The lowest BCUT2D eigenvalue weighted by atomic mass is 10.3. The summed E-state index contributed by atoms with van der Waals surface area (Å²) < 4.78 is 0. The Morgan fingerprint density at radius 3 is 2.74 bits per heavy atom. The number of hydrogen-bond donors (Lipinski definition) is 2. The van der Waals surface area contributed by atoms with Crippen LogP contribution in [0.2, 0.25) is 0 Å². The molecule has 6 heteroatoms. The van der Waals surface area contributed by atoms with Gasteiger partial charge in [-0.3, -0.25) is 14.7 Å². The van der Waals surface area contributed by atoms with Gasteiger partial charge in [0, 0.05) is 33.1 Å². The molecule has 0 atom stereocenters. The topological polar surface area (TPSA) is 70.2 Å². The summed E-state index contributed by atoms with van der Waals surface area (Å²) in [7, 11) is 3.61. The van der Waals surface area contributed by atoms with E-state index in [1.807, 2.05) is 7.05 Å². The van der Waals surface area contributed by atoms with Gasteiger partial charge < -0.3 is 10.6 Å². The van der Waals surface area contributed by atoms with E-state index in [-0.39, 0.29) is 5.91 Å². The predicted molar refractivity (Wildman–Crippen MR) is 75.8 cm³/mol. The lowest BCUT2D eigenvalue weighted by Gasteiger charge is -2.15. The molecule has 0 fully saturated rings. The van der Waals surface area contributed by atoms with Crippen LogP contribution in [0.5, 0.6) is 0 Å². The summed E-state index contributed by atoms with van der Waals surface area (Å²) in [6.07, 6.45) is 5.08. The molecule has 1 rings (SSSR count). The first-order valence-electron chi connectivity index (χ1n) is 6.59. The number of carbonyl (C=O) groups excluding carboxylic acids is 1. The summed E-state index contributed by atoms with van der Waals surface area (Å²) in [5.41, 5.74) is 0.904. The van der Waals surface area contributed by atoms with Gasteiger partial charge in [-0.1, -0.05) is 6.92 Å². The maximum absolute atomic E-state index is 11.1. The van der Waals surface area contributed by atoms with Crippen LogP contribution in [0, 0.1) is 0 Å². The Bertz CT molecular complexity index is 379. The first kappa shape index (κ1) is 15.4. The average molecular weight is 265 g/mol. The Balaban J connectivity index is 2.37. The molecule has 6 nitrogen and oxygen atoms in total. The molecular weight excluding hydrogens is 242 g/mol. The molecule has 2 N–H and O–H groups in total. The van der Waals surface area contributed by atoms with Crippen molar-refractivity contribution >= 4 is 11.7 Å². The Morgan fingerprint density at radius 1 is 1.37 bits per heavy atom. The van der Waals surface area contributed by atoms with E-state index in [1.165, 1.54) is 0 Å². The standard InChI is InChI=1S/C13H23N5O/c1-4-6-15-12-9-16-11(8-17-12)10-18(3)7-5-13(19)14-2/h8-9H,4-7,10H2,1-3H3,(H,14,19)(H,15,17). The monoisotopic (exact) mass is 265 g/mol. The minimum absolute atomic E-state index is 0.0528. The highest BCUT2D eigenvalue weighted by Crippen LogP contribution is 2.03. The van der Waals surface area contributed by atoms with Gasteiger partial charge in [-0.2, -0.15) is 0 Å². The fourth-order valence-corrected chi connectivity index (χ4v) is 1.55. The first-order valence-corrected chi connectivity index (χ1v) is 6.59. The highest BCUT2D eigenvalue weighted by atomic mass is 16.1. The molecule has 1 aromatic heterocycles. The van der Waals surface area contributed by atoms with Crippen LogP contribution >= 0.6 is 0 Å². The number of carbonyl (C=O) groups is 1. The van der Waals surface area contributed by atoms with Gasteiger partial charge in [-0.05, 0) is 13.5 Å². The van der Waals surface area contributed by atoms with Crippen molar-refractivity contribution in [3.05, 3.63) is 18.1 Å². The molecule has 0 spiro atoms. The molecule has 106 valence electrons. The Hall–Kier alpha value is -1.69. The molecule has 0 aliphatic carbocycles. The molecule has 0 saturated carbocycles. The van der Waals surface area contributed by atoms with Gasteiger partial charge >= 0.3 is 0 Å². The van der Waals surface area contributed by atoms with Gasteiger partial charge in [0.25, 0.3) is 0 Å². The number of nitrogens with one attached hydrogen (secondary N) is 2. The fourth-order valence-electron chi connectivity index (χ4n) is 1.55. The molecule has 1 aromatic rings. The molecule has 1 amide bonds. The van der Waals surface area contributed by atoms with E-state index in [1.54, 1.807) is 19.4 Å². The van der Waals surface area contributed by atoms with Crippen LogP contribution < -0.4 is 10.6 Å². The van der Waals surface area contributed by atoms with Gasteiger partial charge in [0.2, 0.25) is 5.91 Å². The molecule has 0 radical (unpaired) electrons. The van der Waals surface area contributed by atoms with Gasteiger partial charge in [0.05, 0.1) is 18.1 Å². The minimum Gasteiger partial charge on any atom is -0.369 e. The van der Waals surface area contributed by atoms with Gasteiger partial charge in [-0.15, -0.1) is 0 Å². The molecule has 0 aliphatic rings. The van der Waals surface area contributed by atoms with Crippen molar-refractivity contribution in [3.8, 4) is 0 Å². The second kappa shape index (κ2) is 8.42. The average Bonchev–Trinajstić information content (AvgIpc) is 2.44. The number of anilines is 1. The SMILES string of the molecule is CCCNc1cnc(CN(C)CCC(=O)NC)cn1. The van der Waals surface area contributed by atoms with Crippen LogP contribution in [0.25, 0.3) is 0 Å². The van der Waals surface area contributed by atoms with Crippen LogP contribution in [0.3, 0.4) is 0 Å². The summed E-state index contributed by atoms with van der Waals surface area (Å²) >= 11 is 0. The van der Waals surface area contributed by atoms with Crippen LogP contribution in [0.4, 0.5) is 5.82 Å². The Labute approximate surface area is 114 Å². The van der Waals surface area contributed by atoms with E-state index in [2.05, 4.69) is 32.4 Å². The predicted octanol–water partition coefficient (Wildman–Crippen LogP) is 0.866. The molecule has 1 heterocycles. The number of amides is 1. The zero-order valence-corrected chi connectivity index (χ0v) is 11.9. The molecule has 0 bridgehead atoms. The molecule has 0 saturated heterocycles. The van der Waals surface area contributed by atoms with Crippen LogP contribution in [-0.2, 0) is 11.3 Å². The number of hydrogen-bond acceptors (Lipinski definition) is 5. The van der Waals surface area contributed by atoms with Crippen LogP contribution in [0.15, 0.2) is 12.4 Å². The second-order valence-electron chi connectivity index (χ2n) is 4.48. The van der Waals surface area contributed by atoms with E-state index in [4.69, 9.17) is 0 Å². The molecule has 0 unspecified atom stereocenters. The van der Waals surface area contributed by atoms with Gasteiger partial charge in [0.15, 0.2) is 0 Å². The minimum atomic E-state index is 0.0528. The first-order chi connectivity index (χ1) is 9.15. The Morgan fingerprint density at radius 2 is 2.16 bits per heavy atom. The van der Waals surface area contributed by atoms with Crippen molar-refractivity contribution in [3.63, 3.8) is 0 Å². The summed E-state index contributed by atoms with van der Waals surface area (Å²) in [6, 6.07) is 0. The van der Waals surface area contributed by atoms with Gasteiger partial charge in [-0.25, -0.2) is 4.98 Å². The molecular formula is C13H23N5O. The smallest absolute Gasteiger partial charge is 0.221 e. The van der Waals surface area contributed by atoms with Crippen molar-refractivity contribution in [2.24, 2.45) is 0 Å². The van der Waals surface area contributed by atoms with E-state index in [9.17, 15) is 4.79 Å². The zero-order valence-electron chi connectivity index (χ0n) is 11.9. The van der Waals surface area contributed by atoms with Crippen molar-refractivity contribution in [1.82, 2.24) is 20.2 Å². The molecule has 0 aromatic carbocycles. The third-order valence-electron chi connectivity index (χ3n) is 2.69. The molecule has 0 aliphatic heterocycles. The maximum atomic E-state index is 11.1. The quantitative estimate of drug-likeness (QED) is 0.730. The summed E-state index contributed by atoms with van der Waals surface area (Å²) in [4.78, 5) is 21.8. The third kappa shape index (κ3) is 6.15. The highest BCUT2D eigenvalue weighted by molar-refractivity contribution is 5.75. The van der Waals surface area contributed by atoms with Crippen LogP contribution in [0.1, 0.15) is 25.5 Å². The van der Waals surface area contributed by atoms with Crippen molar-refractivity contribution < 1.29 is 4.79 Å². The number of nitrogens with zero attached hydrogens (tertiary/aromatic N) is 3. The van der Waals surface area contributed by atoms with E-state index < -0.39 is 0 Å². The molecule has 19 heavy (non-hydrogen) atoms. The zero-order chi connectivity index (χ0) is 14.1. The summed E-state index contributed by atoms with van der Waals surface area (Å²) in [5.74, 6) is 0.857. The largest absolute Gasteiger partial charge is 0.369 e. The second-order valence-corrected chi connectivity index (χ2v) is 4.48. The normalized spacial score (nSPS) is 10.5. The van der Waals surface area contributed by atoms with E-state index >= 15 is 0 Å². The third-order valence-corrected chi connectivity index (χ3v) is 2.69. The highest BCUT2D eigenvalue weighted by Gasteiger charge is 2.05. The van der Waals surface area contributed by atoms with Crippen molar-refractivity contribution in [1.29, 1.82) is 0 Å². The van der Waals surface area contributed by atoms with Crippen molar-refractivity contribution in [2.75, 3.05) is 32.5 Å². The van der Waals surface area contributed by atoms with E-state index in [0.717, 1.165) is 24.5 Å². The fraction of sp³-hybridized carbons (Fsp3) is 0.615. The lowest BCUT2D eigenvalue weighted by molar-refractivity contribution is -0.120. The number of aromatic nitrogens is 2. The summed E-state index contributed by atoms with van der Waals surface area (Å²) in [5, 5.41) is 5.79. The van der Waals surface area contributed by atoms with Crippen LogP contribution in [-0.4, -0.2) is 48.0 Å². The Kier molecular flexibility index (Phi) is 6.81. The van der Waals surface area contributed by atoms with E-state index in [0.29, 0.717) is 19.5 Å². The lowest BCUT2D eigenvalue weighted by Crippen LogP contribution is -2.26. The van der Waals surface area contributed by atoms with Crippen molar-refractivity contribution in [2.45, 2.75) is 26.3 Å². The van der Waals surface area contributed by atoms with Gasteiger partial charge in [0.1, 0.15) is 5.82 Å². The number of rotatable bonds is 8.